The first kappa shape index (κ1) is 13.6. The number of hydrogen-bond acceptors (Lipinski definition) is 3. The van der Waals surface area contributed by atoms with Gasteiger partial charge in [-0.15, -0.1) is 0 Å². The average Bonchev–Trinajstić information content (AvgIpc) is 2.43. The van der Waals surface area contributed by atoms with Crippen LogP contribution in [0, 0.1) is 0 Å². The van der Waals surface area contributed by atoms with Crippen molar-refractivity contribution in [2.75, 3.05) is 19.0 Å². The van der Waals surface area contributed by atoms with Crippen LogP contribution in [0.3, 0.4) is 0 Å². The third-order valence-corrected chi connectivity index (χ3v) is 4.59. The van der Waals surface area contributed by atoms with Crippen LogP contribution in [0.2, 0.25) is 0 Å². The minimum Gasteiger partial charge on any atom is -0.378 e. The van der Waals surface area contributed by atoms with E-state index in [-0.39, 0.29) is 11.5 Å². The molecule has 3 rings (SSSR count). The van der Waals surface area contributed by atoms with Gasteiger partial charge in [-0.3, -0.25) is 4.79 Å². The Morgan fingerprint density at radius 2 is 2.30 bits per heavy atom. The first-order chi connectivity index (χ1) is 9.72. The van der Waals surface area contributed by atoms with Crippen molar-refractivity contribution in [3.8, 4) is 0 Å². The van der Waals surface area contributed by atoms with E-state index < -0.39 is 0 Å². The number of amides is 1. The molecule has 0 bridgehead atoms. The van der Waals surface area contributed by atoms with E-state index in [9.17, 15) is 4.79 Å². The third kappa shape index (κ3) is 2.58. The van der Waals surface area contributed by atoms with Crippen LogP contribution in [0.5, 0.6) is 0 Å². The molecular weight excluding hydrogens is 252 g/mol. The molecule has 1 heterocycles. The molecule has 1 amide bonds. The molecule has 1 saturated carbocycles. The second kappa shape index (κ2) is 5.54. The second-order valence-corrected chi connectivity index (χ2v) is 5.84. The maximum absolute atomic E-state index is 12.3. The minimum atomic E-state index is -0.208. The van der Waals surface area contributed by atoms with Gasteiger partial charge < -0.3 is 15.4 Å². The molecule has 1 aromatic carbocycles. The summed E-state index contributed by atoms with van der Waals surface area (Å²) in [4.78, 5) is 12.3. The molecule has 0 spiro atoms. The minimum absolute atomic E-state index is 0.0680. The zero-order valence-electron chi connectivity index (χ0n) is 12.0. The third-order valence-electron chi connectivity index (χ3n) is 4.59. The molecule has 108 valence electrons. The lowest BCUT2D eigenvalue weighted by Gasteiger charge is -2.40. The van der Waals surface area contributed by atoms with E-state index in [0.29, 0.717) is 6.42 Å². The number of benzene rings is 1. The van der Waals surface area contributed by atoms with E-state index in [2.05, 4.69) is 16.7 Å². The highest BCUT2D eigenvalue weighted by molar-refractivity contribution is 5.92. The Hall–Kier alpha value is -1.39. The van der Waals surface area contributed by atoms with Crippen molar-refractivity contribution in [1.82, 2.24) is 5.32 Å². The Bertz CT molecular complexity index is 504. The fraction of sp³-hybridized carbons (Fsp3) is 0.562. The maximum Gasteiger partial charge on any atom is 0.227 e. The van der Waals surface area contributed by atoms with E-state index in [0.717, 1.165) is 44.5 Å². The fourth-order valence-electron chi connectivity index (χ4n) is 3.16. The van der Waals surface area contributed by atoms with E-state index in [1.807, 2.05) is 12.1 Å². The smallest absolute Gasteiger partial charge is 0.227 e. The van der Waals surface area contributed by atoms with Crippen molar-refractivity contribution in [2.45, 2.75) is 44.2 Å². The SMILES string of the molecule is COC1(CC(=O)Nc2cccc3c2CCNC3)CCC1. The Morgan fingerprint density at radius 1 is 1.45 bits per heavy atom. The summed E-state index contributed by atoms with van der Waals surface area (Å²) in [6, 6.07) is 6.14. The summed E-state index contributed by atoms with van der Waals surface area (Å²) < 4.78 is 5.52. The summed E-state index contributed by atoms with van der Waals surface area (Å²) in [5.74, 6) is 0.0680. The molecular formula is C16H22N2O2. The van der Waals surface area contributed by atoms with Crippen molar-refractivity contribution < 1.29 is 9.53 Å². The molecule has 0 aromatic heterocycles. The first-order valence-corrected chi connectivity index (χ1v) is 7.39. The predicted molar refractivity (Wildman–Crippen MR) is 78.7 cm³/mol. The average molecular weight is 274 g/mol. The fourth-order valence-corrected chi connectivity index (χ4v) is 3.16. The van der Waals surface area contributed by atoms with Gasteiger partial charge in [0.2, 0.25) is 5.91 Å². The number of ether oxygens (including phenoxy) is 1. The van der Waals surface area contributed by atoms with Gasteiger partial charge in [-0.25, -0.2) is 0 Å². The van der Waals surface area contributed by atoms with Crippen molar-refractivity contribution >= 4 is 11.6 Å². The molecule has 1 aliphatic heterocycles. The van der Waals surface area contributed by atoms with Crippen molar-refractivity contribution in [3.63, 3.8) is 0 Å². The van der Waals surface area contributed by atoms with Crippen LogP contribution < -0.4 is 10.6 Å². The number of anilines is 1. The molecule has 0 atom stereocenters. The second-order valence-electron chi connectivity index (χ2n) is 5.84. The monoisotopic (exact) mass is 274 g/mol. The Labute approximate surface area is 119 Å². The summed E-state index contributed by atoms with van der Waals surface area (Å²) in [5.41, 5.74) is 3.33. The van der Waals surface area contributed by atoms with Gasteiger partial charge in [-0.2, -0.15) is 0 Å². The quantitative estimate of drug-likeness (QED) is 0.885. The molecule has 4 nitrogen and oxygen atoms in total. The number of carbonyl (C=O) groups excluding carboxylic acids is 1. The van der Waals surface area contributed by atoms with Crippen molar-refractivity contribution in [2.24, 2.45) is 0 Å². The van der Waals surface area contributed by atoms with Gasteiger partial charge in [0.25, 0.3) is 0 Å². The Morgan fingerprint density at radius 3 is 3.00 bits per heavy atom. The van der Waals surface area contributed by atoms with Crippen LogP contribution in [0.1, 0.15) is 36.8 Å². The number of nitrogens with one attached hydrogen (secondary N) is 2. The van der Waals surface area contributed by atoms with Gasteiger partial charge in [0.15, 0.2) is 0 Å². The van der Waals surface area contributed by atoms with Crippen LogP contribution in [0.15, 0.2) is 18.2 Å². The topological polar surface area (TPSA) is 50.4 Å². The summed E-state index contributed by atoms with van der Waals surface area (Å²) in [6.07, 6.45) is 4.58. The predicted octanol–water partition coefficient (Wildman–Crippen LogP) is 2.23. The van der Waals surface area contributed by atoms with Gasteiger partial charge in [0.1, 0.15) is 0 Å². The lowest BCUT2D eigenvalue weighted by Crippen LogP contribution is -2.42. The van der Waals surface area contributed by atoms with Gasteiger partial charge >= 0.3 is 0 Å². The number of hydrogen-bond donors (Lipinski definition) is 2. The molecule has 2 aliphatic rings. The molecule has 0 radical (unpaired) electrons. The number of rotatable bonds is 4. The van der Waals surface area contributed by atoms with Gasteiger partial charge in [-0.1, -0.05) is 12.1 Å². The zero-order chi connectivity index (χ0) is 14.0. The highest BCUT2D eigenvalue weighted by atomic mass is 16.5. The summed E-state index contributed by atoms with van der Waals surface area (Å²) in [6.45, 7) is 1.86. The van der Waals surface area contributed by atoms with Crippen LogP contribution in [-0.4, -0.2) is 25.2 Å². The molecule has 1 aromatic rings. The molecule has 2 N–H and O–H groups in total. The molecule has 0 saturated heterocycles. The highest BCUT2D eigenvalue weighted by Gasteiger charge is 2.39. The molecule has 1 aliphatic carbocycles. The lowest BCUT2D eigenvalue weighted by molar-refractivity contribution is -0.129. The number of carbonyl (C=O) groups is 1. The molecule has 4 heteroatoms. The Balaban J connectivity index is 1.70. The van der Waals surface area contributed by atoms with Gasteiger partial charge in [0, 0.05) is 19.3 Å². The first-order valence-electron chi connectivity index (χ1n) is 7.39. The van der Waals surface area contributed by atoms with E-state index >= 15 is 0 Å². The zero-order valence-corrected chi connectivity index (χ0v) is 12.0. The Kier molecular flexibility index (Phi) is 3.76. The molecule has 0 unspecified atom stereocenters. The van der Waals surface area contributed by atoms with E-state index in [1.165, 1.54) is 11.1 Å². The van der Waals surface area contributed by atoms with Crippen molar-refractivity contribution in [1.29, 1.82) is 0 Å². The van der Waals surface area contributed by atoms with Gasteiger partial charge in [-0.05, 0) is 49.4 Å². The van der Waals surface area contributed by atoms with Crippen LogP contribution >= 0.6 is 0 Å². The number of fused-ring (bicyclic) bond motifs is 1. The maximum atomic E-state index is 12.3. The lowest BCUT2D eigenvalue weighted by atomic mass is 9.77. The normalized spacial score (nSPS) is 19.9. The van der Waals surface area contributed by atoms with Crippen LogP contribution in [0.4, 0.5) is 5.69 Å². The van der Waals surface area contributed by atoms with Crippen LogP contribution in [-0.2, 0) is 22.5 Å². The van der Waals surface area contributed by atoms with Gasteiger partial charge in [0.05, 0.1) is 12.0 Å². The van der Waals surface area contributed by atoms with Crippen LogP contribution in [0.25, 0.3) is 0 Å². The standard InChI is InChI=1S/C16H22N2O2/c1-20-16(7-3-8-16)10-15(19)18-14-5-2-4-12-11-17-9-6-13(12)14/h2,4-5,17H,3,6-11H2,1H3,(H,18,19). The largest absolute Gasteiger partial charge is 0.378 e. The molecule has 1 fully saturated rings. The highest BCUT2D eigenvalue weighted by Crippen LogP contribution is 2.38. The summed E-state index contributed by atoms with van der Waals surface area (Å²) in [7, 11) is 1.71. The summed E-state index contributed by atoms with van der Waals surface area (Å²) in [5, 5.41) is 6.44. The molecule has 20 heavy (non-hydrogen) atoms. The van der Waals surface area contributed by atoms with E-state index in [1.54, 1.807) is 7.11 Å². The van der Waals surface area contributed by atoms with Crippen molar-refractivity contribution in [3.05, 3.63) is 29.3 Å². The summed E-state index contributed by atoms with van der Waals surface area (Å²) >= 11 is 0. The number of methoxy groups -OCH3 is 1. The van der Waals surface area contributed by atoms with E-state index in [4.69, 9.17) is 4.74 Å².